The first-order chi connectivity index (χ1) is 11.9. The maximum Gasteiger partial charge on any atom is 0.335 e. The van der Waals surface area contributed by atoms with Crippen LogP contribution in [0.4, 0.5) is 0 Å². The van der Waals surface area contributed by atoms with Crippen molar-refractivity contribution in [3.8, 4) is 11.6 Å². The lowest BCUT2D eigenvalue weighted by molar-refractivity contribution is -0.272. The van der Waals surface area contributed by atoms with E-state index >= 15 is 0 Å². The van der Waals surface area contributed by atoms with Crippen molar-refractivity contribution in [2.45, 2.75) is 37.6 Å². The first-order valence-electron chi connectivity index (χ1n) is 7.59. The maximum absolute atomic E-state index is 11.2. The van der Waals surface area contributed by atoms with Crippen molar-refractivity contribution in [3.05, 3.63) is 42.1 Å². The number of rotatable bonds is 4. The van der Waals surface area contributed by atoms with Crippen LogP contribution >= 0.6 is 0 Å². The molecule has 9 nitrogen and oxygen atoms in total. The average molecular weight is 350 g/mol. The Bertz CT molecular complexity index is 748. The highest BCUT2D eigenvalue weighted by atomic mass is 16.7. The van der Waals surface area contributed by atoms with Gasteiger partial charge in [0.2, 0.25) is 12.2 Å². The van der Waals surface area contributed by atoms with Crippen molar-refractivity contribution in [2.75, 3.05) is 0 Å². The van der Waals surface area contributed by atoms with Gasteiger partial charge in [0.1, 0.15) is 18.3 Å². The van der Waals surface area contributed by atoms with Crippen LogP contribution in [0.1, 0.15) is 5.69 Å². The Hall–Kier alpha value is -2.46. The number of carbonyl (C=O) groups is 1. The third-order valence-corrected chi connectivity index (χ3v) is 3.85. The molecule has 0 bridgehead atoms. The van der Waals surface area contributed by atoms with E-state index < -0.39 is 36.7 Å². The first kappa shape index (κ1) is 17.4. The fraction of sp³-hybridized carbons (Fsp3) is 0.375. The number of carboxylic acids is 1. The first-order valence-corrected chi connectivity index (χ1v) is 7.59. The highest BCUT2D eigenvalue weighted by Gasteiger charge is 2.48. The van der Waals surface area contributed by atoms with Crippen molar-refractivity contribution in [1.82, 2.24) is 9.78 Å². The molecule has 1 saturated heterocycles. The van der Waals surface area contributed by atoms with Crippen LogP contribution in [-0.2, 0) is 9.53 Å². The molecule has 0 radical (unpaired) electrons. The fourth-order valence-electron chi connectivity index (χ4n) is 2.58. The SMILES string of the molecule is Cc1cc(OC2O[C@H](C(=O)O)[C@@H](O)[C@H](O)[C@H]2O)n(-c2ccccc2)n1. The second-order valence-electron chi connectivity index (χ2n) is 5.72. The van der Waals surface area contributed by atoms with Crippen molar-refractivity contribution >= 4 is 5.97 Å². The van der Waals surface area contributed by atoms with Gasteiger partial charge in [-0.3, -0.25) is 0 Å². The molecule has 0 amide bonds. The molecule has 4 N–H and O–H groups in total. The summed E-state index contributed by atoms with van der Waals surface area (Å²) in [6, 6.07) is 10.6. The molecule has 1 aliphatic heterocycles. The molecule has 3 rings (SSSR count). The number of benzene rings is 1. The van der Waals surface area contributed by atoms with Gasteiger partial charge in [0.15, 0.2) is 6.10 Å². The van der Waals surface area contributed by atoms with Crippen LogP contribution in [0.3, 0.4) is 0 Å². The maximum atomic E-state index is 11.2. The third-order valence-electron chi connectivity index (χ3n) is 3.85. The van der Waals surface area contributed by atoms with Gasteiger partial charge in [-0.15, -0.1) is 0 Å². The molecule has 2 heterocycles. The lowest BCUT2D eigenvalue weighted by atomic mass is 9.99. The third kappa shape index (κ3) is 3.35. The zero-order valence-corrected chi connectivity index (χ0v) is 13.3. The van der Waals surface area contributed by atoms with Crippen LogP contribution in [-0.4, -0.2) is 66.9 Å². The van der Waals surface area contributed by atoms with E-state index in [4.69, 9.17) is 14.6 Å². The number of nitrogens with zero attached hydrogens (tertiary/aromatic N) is 2. The summed E-state index contributed by atoms with van der Waals surface area (Å²) in [6.45, 7) is 1.74. The number of aromatic nitrogens is 2. The highest BCUT2D eigenvalue weighted by Crippen LogP contribution is 2.26. The van der Waals surface area contributed by atoms with Crippen molar-refractivity contribution in [1.29, 1.82) is 0 Å². The van der Waals surface area contributed by atoms with Gasteiger partial charge in [0, 0.05) is 6.07 Å². The van der Waals surface area contributed by atoms with Gasteiger partial charge in [-0.1, -0.05) is 18.2 Å². The van der Waals surface area contributed by atoms with Gasteiger partial charge < -0.3 is 29.9 Å². The van der Waals surface area contributed by atoms with Gasteiger partial charge in [-0.2, -0.15) is 5.10 Å². The Morgan fingerprint density at radius 2 is 1.84 bits per heavy atom. The molecule has 0 aliphatic carbocycles. The van der Waals surface area contributed by atoms with E-state index in [2.05, 4.69) is 5.10 Å². The quantitative estimate of drug-likeness (QED) is 0.577. The number of carboxylic acid groups (broad SMARTS) is 1. The van der Waals surface area contributed by atoms with Gasteiger partial charge in [0.05, 0.1) is 11.4 Å². The lowest BCUT2D eigenvalue weighted by Gasteiger charge is -2.38. The number of aryl methyl sites for hydroxylation is 1. The largest absolute Gasteiger partial charge is 0.479 e. The Labute approximate surface area is 142 Å². The van der Waals surface area contributed by atoms with Gasteiger partial charge in [-0.25, -0.2) is 9.48 Å². The molecular formula is C16H18N2O7. The predicted molar refractivity (Wildman–Crippen MR) is 83.2 cm³/mol. The normalized spacial score (nSPS) is 29.4. The van der Waals surface area contributed by atoms with E-state index in [1.807, 2.05) is 18.2 Å². The molecule has 5 atom stereocenters. The minimum absolute atomic E-state index is 0.195. The summed E-state index contributed by atoms with van der Waals surface area (Å²) in [5, 5.41) is 43.0. The van der Waals surface area contributed by atoms with Crippen LogP contribution in [0.2, 0.25) is 0 Å². The molecule has 2 aromatic rings. The van der Waals surface area contributed by atoms with Gasteiger partial charge in [0.25, 0.3) is 0 Å². The molecule has 1 unspecified atom stereocenters. The summed E-state index contributed by atoms with van der Waals surface area (Å²) >= 11 is 0. The standard InChI is InChI=1S/C16H18N2O7/c1-8-7-10(18(17-8)9-5-3-2-4-6-9)24-16-13(21)11(19)12(20)14(25-16)15(22)23/h2-7,11-14,16,19-21H,1H3,(H,22,23)/t11-,12-,13+,14-,16?/m0/s1. The zero-order valence-electron chi connectivity index (χ0n) is 13.3. The summed E-state index contributed by atoms with van der Waals surface area (Å²) in [7, 11) is 0. The number of hydrogen-bond donors (Lipinski definition) is 4. The van der Waals surface area contributed by atoms with E-state index in [1.54, 1.807) is 25.1 Å². The summed E-state index contributed by atoms with van der Waals surface area (Å²) in [5.74, 6) is -1.28. The molecule has 0 saturated carbocycles. The van der Waals surface area contributed by atoms with Crippen molar-refractivity contribution in [3.63, 3.8) is 0 Å². The Morgan fingerprint density at radius 1 is 1.16 bits per heavy atom. The van der Waals surface area contributed by atoms with E-state index in [1.165, 1.54) is 4.68 Å². The number of aliphatic hydroxyl groups is 3. The minimum atomic E-state index is -1.77. The Morgan fingerprint density at radius 3 is 2.48 bits per heavy atom. The Kier molecular flexibility index (Phi) is 4.73. The van der Waals surface area contributed by atoms with E-state index in [9.17, 15) is 20.1 Å². The van der Waals surface area contributed by atoms with Crippen LogP contribution < -0.4 is 4.74 Å². The van der Waals surface area contributed by atoms with Gasteiger partial charge in [-0.05, 0) is 19.1 Å². The molecule has 25 heavy (non-hydrogen) atoms. The molecule has 9 heteroatoms. The summed E-state index contributed by atoms with van der Waals surface area (Å²) < 4.78 is 12.1. The molecule has 134 valence electrons. The number of para-hydroxylation sites is 1. The smallest absolute Gasteiger partial charge is 0.335 e. The number of ether oxygens (including phenoxy) is 2. The number of aliphatic hydroxyl groups excluding tert-OH is 3. The lowest BCUT2D eigenvalue weighted by Crippen LogP contribution is -2.61. The minimum Gasteiger partial charge on any atom is -0.479 e. The van der Waals surface area contributed by atoms with Crippen LogP contribution in [0.25, 0.3) is 5.69 Å². The van der Waals surface area contributed by atoms with Crippen LogP contribution in [0.15, 0.2) is 36.4 Å². The summed E-state index contributed by atoms with van der Waals surface area (Å²) in [5.41, 5.74) is 1.31. The van der Waals surface area contributed by atoms with E-state index in [0.717, 1.165) is 0 Å². The fourth-order valence-corrected chi connectivity index (χ4v) is 2.58. The number of aliphatic carboxylic acids is 1. The van der Waals surface area contributed by atoms with E-state index in [0.29, 0.717) is 11.4 Å². The Balaban J connectivity index is 1.88. The van der Waals surface area contributed by atoms with Crippen LogP contribution in [0.5, 0.6) is 5.88 Å². The monoisotopic (exact) mass is 350 g/mol. The molecule has 0 spiro atoms. The van der Waals surface area contributed by atoms with Gasteiger partial charge >= 0.3 is 5.97 Å². The second kappa shape index (κ2) is 6.81. The predicted octanol–water partition coefficient (Wildman–Crippen LogP) is -0.548. The molecule has 1 aromatic heterocycles. The molecule has 1 aliphatic rings. The van der Waals surface area contributed by atoms with E-state index in [-0.39, 0.29) is 5.88 Å². The summed E-state index contributed by atoms with van der Waals surface area (Å²) in [6.07, 6.45) is -8.34. The summed E-state index contributed by atoms with van der Waals surface area (Å²) in [4.78, 5) is 11.2. The number of hydrogen-bond acceptors (Lipinski definition) is 7. The van der Waals surface area contributed by atoms with Crippen LogP contribution in [0, 0.1) is 6.92 Å². The molecule has 1 fully saturated rings. The second-order valence-corrected chi connectivity index (χ2v) is 5.72. The topological polar surface area (TPSA) is 134 Å². The molecule has 1 aromatic carbocycles. The average Bonchev–Trinajstić information content (AvgIpc) is 2.96. The highest BCUT2D eigenvalue weighted by molar-refractivity contribution is 5.73. The van der Waals surface area contributed by atoms with Crippen molar-refractivity contribution in [2.24, 2.45) is 0 Å². The zero-order chi connectivity index (χ0) is 18.1. The molecular weight excluding hydrogens is 332 g/mol. The van der Waals surface area contributed by atoms with Crippen molar-refractivity contribution < 1.29 is 34.7 Å².